The van der Waals surface area contributed by atoms with E-state index in [1.807, 2.05) is 55.6 Å². The third kappa shape index (κ3) is 6.29. The number of nitrogens with zero attached hydrogens (tertiary/aromatic N) is 1. The highest BCUT2D eigenvalue weighted by Gasteiger charge is 2.36. The molecule has 3 rings (SSSR count). The SMILES string of the molecule is COc1ccc(CCNC(=O)[C@H]2CN(C)C[C@@H]2c2cccc(CNC(=O)CO)c2)cc1. The van der Waals surface area contributed by atoms with Gasteiger partial charge in [-0.2, -0.15) is 0 Å². The number of likely N-dealkylation sites (tertiary alicyclic amines) is 1. The molecule has 2 atom stereocenters. The largest absolute Gasteiger partial charge is 0.497 e. The summed E-state index contributed by atoms with van der Waals surface area (Å²) in [5, 5.41) is 14.6. The van der Waals surface area contributed by atoms with Gasteiger partial charge < -0.3 is 25.4 Å². The quantitative estimate of drug-likeness (QED) is 0.564. The van der Waals surface area contributed by atoms with Crippen LogP contribution < -0.4 is 15.4 Å². The molecule has 2 aromatic rings. The predicted octanol–water partition coefficient (Wildman–Crippen LogP) is 1.31. The lowest BCUT2D eigenvalue weighted by atomic mass is 9.87. The number of hydrogen-bond acceptors (Lipinski definition) is 5. The highest BCUT2D eigenvalue weighted by atomic mass is 16.5. The van der Waals surface area contributed by atoms with Gasteiger partial charge in [0, 0.05) is 32.1 Å². The summed E-state index contributed by atoms with van der Waals surface area (Å²) in [4.78, 5) is 26.5. The third-order valence-electron chi connectivity index (χ3n) is 5.72. The van der Waals surface area contributed by atoms with Gasteiger partial charge in [0.2, 0.25) is 11.8 Å². The van der Waals surface area contributed by atoms with E-state index in [-0.39, 0.29) is 17.7 Å². The van der Waals surface area contributed by atoms with Crippen molar-refractivity contribution >= 4 is 11.8 Å². The number of ether oxygens (including phenoxy) is 1. The number of likely N-dealkylation sites (N-methyl/N-ethyl adjacent to an activating group) is 1. The molecule has 7 nitrogen and oxygen atoms in total. The van der Waals surface area contributed by atoms with Crippen molar-refractivity contribution in [2.75, 3.05) is 40.4 Å². The van der Waals surface area contributed by atoms with Crippen molar-refractivity contribution in [2.24, 2.45) is 5.92 Å². The van der Waals surface area contributed by atoms with Crippen LogP contribution in [-0.4, -0.2) is 62.2 Å². The molecular formula is C24H31N3O4. The molecule has 2 aromatic carbocycles. The number of carbonyl (C=O) groups is 2. The number of aliphatic hydroxyl groups excluding tert-OH is 1. The summed E-state index contributed by atoms with van der Waals surface area (Å²) in [6.07, 6.45) is 0.767. The molecule has 1 aliphatic rings. The summed E-state index contributed by atoms with van der Waals surface area (Å²) in [6.45, 7) is 1.94. The van der Waals surface area contributed by atoms with E-state index in [2.05, 4.69) is 15.5 Å². The van der Waals surface area contributed by atoms with Crippen LogP contribution in [-0.2, 0) is 22.6 Å². The molecule has 31 heavy (non-hydrogen) atoms. The second-order valence-corrected chi connectivity index (χ2v) is 8.00. The lowest BCUT2D eigenvalue weighted by Gasteiger charge is -2.19. The average molecular weight is 426 g/mol. The third-order valence-corrected chi connectivity index (χ3v) is 5.72. The summed E-state index contributed by atoms with van der Waals surface area (Å²) in [7, 11) is 3.67. The van der Waals surface area contributed by atoms with Crippen LogP contribution in [0.4, 0.5) is 0 Å². The first-order valence-corrected chi connectivity index (χ1v) is 10.6. The monoisotopic (exact) mass is 425 g/mol. The van der Waals surface area contributed by atoms with E-state index in [0.29, 0.717) is 19.6 Å². The fourth-order valence-corrected chi connectivity index (χ4v) is 4.05. The summed E-state index contributed by atoms with van der Waals surface area (Å²) in [5.41, 5.74) is 3.20. The van der Waals surface area contributed by atoms with Crippen molar-refractivity contribution in [3.63, 3.8) is 0 Å². The Kier molecular flexibility index (Phi) is 8.03. The highest BCUT2D eigenvalue weighted by molar-refractivity contribution is 5.80. The fraction of sp³-hybridized carbons (Fsp3) is 0.417. The number of benzene rings is 2. The second-order valence-electron chi connectivity index (χ2n) is 8.00. The lowest BCUT2D eigenvalue weighted by Crippen LogP contribution is -2.35. The maximum atomic E-state index is 13.0. The minimum Gasteiger partial charge on any atom is -0.497 e. The van der Waals surface area contributed by atoms with Gasteiger partial charge in [-0.05, 0) is 42.3 Å². The van der Waals surface area contributed by atoms with Gasteiger partial charge in [0.05, 0.1) is 13.0 Å². The van der Waals surface area contributed by atoms with Crippen LogP contribution in [0.3, 0.4) is 0 Å². The van der Waals surface area contributed by atoms with Crippen molar-refractivity contribution in [3.8, 4) is 5.75 Å². The van der Waals surface area contributed by atoms with Gasteiger partial charge in [-0.15, -0.1) is 0 Å². The molecule has 1 saturated heterocycles. The Hall–Kier alpha value is -2.90. The molecule has 1 fully saturated rings. The molecule has 3 N–H and O–H groups in total. The van der Waals surface area contributed by atoms with Crippen LogP contribution in [0.2, 0.25) is 0 Å². The topological polar surface area (TPSA) is 90.9 Å². The van der Waals surface area contributed by atoms with Crippen LogP contribution >= 0.6 is 0 Å². The van der Waals surface area contributed by atoms with Crippen molar-refractivity contribution < 1.29 is 19.4 Å². The van der Waals surface area contributed by atoms with Crippen molar-refractivity contribution in [1.82, 2.24) is 15.5 Å². The predicted molar refractivity (Wildman–Crippen MR) is 119 cm³/mol. The number of aliphatic hydroxyl groups is 1. The molecule has 0 saturated carbocycles. The van der Waals surface area contributed by atoms with Crippen LogP contribution in [0.5, 0.6) is 5.75 Å². The van der Waals surface area contributed by atoms with Gasteiger partial charge in [-0.1, -0.05) is 36.4 Å². The Morgan fingerprint density at radius 2 is 1.87 bits per heavy atom. The molecule has 0 spiro atoms. The maximum absolute atomic E-state index is 13.0. The van der Waals surface area contributed by atoms with E-state index < -0.39 is 12.5 Å². The van der Waals surface area contributed by atoms with Crippen LogP contribution in [0.15, 0.2) is 48.5 Å². The molecule has 1 aliphatic heterocycles. The highest BCUT2D eigenvalue weighted by Crippen LogP contribution is 2.32. The fourth-order valence-electron chi connectivity index (χ4n) is 4.05. The van der Waals surface area contributed by atoms with E-state index >= 15 is 0 Å². The zero-order chi connectivity index (χ0) is 22.2. The van der Waals surface area contributed by atoms with E-state index in [1.54, 1.807) is 7.11 Å². The molecule has 2 amide bonds. The number of methoxy groups -OCH3 is 1. The summed E-state index contributed by atoms with van der Waals surface area (Å²) in [6, 6.07) is 15.8. The summed E-state index contributed by atoms with van der Waals surface area (Å²) >= 11 is 0. The number of rotatable bonds is 9. The first-order chi connectivity index (χ1) is 15.0. The van der Waals surface area contributed by atoms with Crippen molar-refractivity contribution in [2.45, 2.75) is 18.9 Å². The lowest BCUT2D eigenvalue weighted by molar-refractivity contribution is -0.125. The smallest absolute Gasteiger partial charge is 0.245 e. The summed E-state index contributed by atoms with van der Waals surface area (Å²) in [5.74, 6) is 0.465. The van der Waals surface area contributed by atoms with Gasteiger partial charge >= 0.3 is 0 Å². The molecule has 0 radical (unpaired) electrons. The van der Waals surface area contributed by atoms with E-state index in [0.717, 1.165) is 35.4 Å². The van der Waals surface area contributed by atoms with Gasteiger partial charge in [-0.25, -0.2) is 0 Å². The number of carbonyl (C=O) groups excluding carboxylic acids is 2. The first kappa shape index (κ1) is 22.8. The molecule has 0 aliphatic carbocycles. The molecule has 0 unspecified atom stereocenters. The van der Waals surface area contributed by atoms with Crippen LogP contribution in [0.1, 0.15) is 22.6 Å². The average Bonchev–Trinajstić information content (AvgIpc) is 3.20. The first-order valence-electron chi connectivity index (χ1n) is 10.6. The number of nitrogens with one attached hydrogen (secondary N) is 2. The van der Waals surface area contributed by atoms with E-state index in [9.17, 15) is 9.59 Å². The normalized spacial score (nSPS) is 18.5. The maximum Gasteiger partial charge on any atom is 0.245 e. The van der Waals surface area contributed by atoms with E-state index in [4.69, 9.17) is 9.84 Å². The Labute approximate surface area is 183 Å². The minimum absolute atomic E-state index is 0.0712. The Balaban J connectivity index is 1.59. The molecular weight excluding hydrogens is 394 g/mol. The van der Waals surface area contributed by atoms with Gasteiger partial charge in [0.15, 0.2) is 0 Å². The van der Waals surface area contributed by atoms with Crippen molar-refractivity contribution in [1.29, 1.82) is 0 Å². The molecule has 0 bridgehead atoms. The standard InChI is InChI=1S/C24H31N3O4/c1-27-14-21(19-5-3-4-18(12-19)13-26-23(29)16-28)22(15-27)24(30)25-11-10-17-6-8-20(31-2)9-7-17/h3-9,12,21-22,28H,10-11,13-16H2,1-2H3,(H,25,30)(H,26,29)/t21-,22+/m1/s1. The zero-order valence-corrected chi connectivity index (χ0v) is 18.1. The molecule has 1 heterocycles. The Morgan fingerprint density at radius 3 is 2.58 bits per heavy atom. The van der Waals surface area contributed by atoms with Gasteiger partial charge in [-0.3, -0.25) is 9.59 Å². The van der Waals surface area contributed by atoms with Crippen LogP contribution in [0, 0.1) is 5.92 Å². The minimum atomic E-state index is -0.522. The molecule has 0 aromatic heterocycles. The zero-order valence-electron chi connectivity index (χ0n) is 18.1. The number of amides is 2. The van der Waals surface area contributed by atoms with Crippen molar-refractivity contribution in [3.05, 3.63) is 65.2 Å². The molecule has 166 valence electrons. The summed E-state index contributed by atoms with van der Waals surface area (Å²) < 4.78 is 5.18. The number of hydrogen-bond donors (Lipinski definition) is 3. The Bertz CT molecular complexity index is 885. The van der Waals surface area contributed by atoms with Gasteiger partial charge in [0.1, 0.15) is 12.4 Å². The second kappa shape index (κ2) is 10.9. The van der Waals surface area contributed by atoms with Crippen LogP contribution in [0.25, 0.3) is 0 Å². The Morgan fingerprint density at radius 1 is 1.10 bits per heavy atom. The van der Waals surface area contributed by atoms with Gasteiger partial charge in [0.25, 0.3) is 0 Å². The van der Waals surface area contributed by atoms with E-state index in [1.165, 1.54) is 0 Å². The molecule has 7 heteroatoms.